The molecule has 22 heavy (non-hydrogen) atoms. The molecule has 1 aliphatic carbocycles. The molecule has 0 aromatic carbocycles. The molecule has 2 rings (SSSR count). The summed E-state index contributed by atoms with van der Waals surface area (Å²) in [4.78, 5) is 26.4. The Balaban J connectivity index is 1.75. The smallest absolute Gasteiger partial charge is 0.244 e. The Morgan fingerprint density at radius 2 is 1.77 bits per heavy atom. The van der Waals surface area contributed by atoms with Crippen LogP contribution in [0.25, 0.3) is 0 Å². The molecule has 0 radical (unpaired) electrons. The average molecular weight is 309 g/mol. The molecule has 1 unspecified atom stereocenters. The summed E-state index contributed by atoms with van der Waals surface area (Å²) >= 11 is 0. The van der Waals surface area contributed by atoms with Gasteiger partial charge >= 0.3 is 0 Å². The molecule has 1 atom stereocenters. The number of rotatable bonds is 5. The van der Waals surface area contributed by atoms with Crippen LogP contribution in [0, 0.1) is 5.92 Å². The number of hydrogen-bond acceptors (Lipinski definition) is 3. The van der Waals surface area contributed by atoms with E-state index in [0.717, 1.165) is 38.8 Å². The summed E-state index contributed by atoms with van der Waals surface area (Å²) in [6, 6.07) is -0.123. The molecule has 1 heterocycles. The molecule has 0 aromatic rings. The molecule has 5 heteroatoms. The van der Waals surface area contributed by atoms with E-state index in [1.165, 1.54) is 19.3 Å². The summed E-state index contributed by atoms with van der Waals surface area (Å²) < 4.78 is 0. The van der Waals surface area contributed by atoms with E-state index in [2.05, 4.69) is 10.6 Å². The van der Waals surface area contributed by atoms with Gasteiger partial charge in [0, 0.05) is 19.5 Å². The van der Waals surface area contributed by atoms with Gasteiger partial charge in [-0.15, -0.1) is 0 Å². The number of amides is 2. The lowest BCUT2D eigenvalue weighted by Gasteiger charge is -2.33. The minimum Gasteiger partial charge on any atom is -0.345 e. The van der Waals surface area contributed by atoms with Crippen molar-refractivity contribution in [1.29, 1.82) is 0 Å². The van der Waals surface area contributed by atoms with Gasteiger partial charge in [-0.2, -0.15) is 0 Å². The number of carbonyl (C=O) groups is 2. The third-order valence-corrected chi connectivity index (χ3v) is 5.15. The van der Waals surface area contributed by atoms with Gasteiger partial charge in [0.2, 0.25) is 11.8 Å². The quantitative estimate of drug-likeness (QED) is 0.812. The largest absolute Gasteiger partial charge is 0.345 e. The highest BCUT2D eigenvalue weighted by molar-refractivity contribution is 5.87. The summed E-state index contributed by atoms with van der Waals surface area (Å²) in [5.74, 6) is 0.577. The van der Waals surface area contributed by atoms with Crippen LogP contribution in [0.15, 0.2) is 0 Å². The van der Waals surface area contributed by atoms with Crippen LogP contribution in [0.3, 0.4) is 0 Å². The van der Waals surface area contributed by atoms with Crippen LogP contribution >= 0.6 is 0 Å². The van der Waals surface area contributed by atoms with Gasteiger partial charge in [0.05, 0.1) is 0 Å². The highest BCUT2D eigenvalue weighted by Gasteiger charge is 2.27. The van der Waals surface area contributed by atoms with Crippen molar-refractivity contribution in [2.24, 2.45) is 5.92 Å². The third-order valence-electron chi connectivity index (χ3n) is 5.15. The molecule has 126 valence electrons. The van der Waals surface area contributed by atoms with Crippen molar-refractivity contribution in [1.82, 2.24) is 15.5 Å². The maximum Gasteiger partial charge on any atom is 0.244 e. The van der Waals surface area contributed by atoms with E-state index in [1.54, 1.807) is 6.92 Å². The van der Waals surface area contributed by atoms with Crippen molar-refractivity contribution < 1.29 is 9.59 Å². The molecule has 0 aromatic heterocycles. The zero-order valence-corrected chi connectivity index (χ0v) is 14.1. The molecular formula is C17H31N3O2. The fourth-order valence-electron chi connectivity index (χ4n) is 3.69. The first kappa shape index (κ1) is 17.3. The standard InChI is InChI=1S/C17H31N3O2/c1-13(17(22)20(2)15-8-10-18-11-9-15)19-16(21)12-14-6-4-3-5-7-14/h13-15,18H,3-12H2,1-2H3,(H,19,21). The Morgan fingerprint density at radius 1 is 1.14 bits per heavy atom. The summed E-state index contributed by atoms with van der Waals surface area (Å²) in [7, 11) is 1.86. The lowest BCUT2D eigenvalue weighted by atomic mass is 9.87. The maximum absolute atomic E-state index is 12.5. The monoisotopic (exact) mass is 309 g/mol. The van der Waals surface area contributed by atoms with Gasteiger partial charge in [-0.1, -0.05) is 19.3 Å². The van der Waals surface area contributed by atoms with Crippen LogP contribution in [0.1, 0.15) is 58.3 Å². The summed E-state index contributed by atoms with van der Waals surface area (Å²) in [5, 5.41) is 6.21. The highest BCUT2D eigenvalue weighted by atomic mass is 16.2. The van der Waals surface area contributed by atoms with Crippen LogP contribution in [0.5, 0.6) is 0 Å². The summed E-state index contributed by atoms with van der Waals surface area (Å²) in [5.41, 5.74) is 0. The first-order valence-electron chi connectivity index (χ1n) is 8.84. The van der Waals surface area contributed by atoms with E-state index in [4.69, 9.17) is 0 Å². The zero-order valence-electron chi connectivity index (χ0n) is 14.1. The Labute approximate surface area is 134 Å². The second kappa shape index (κ2) is 8.51. The van der Waals surface area contributed by atoms with Crippen LogP contribution in [0.4, 0.5) is 0 Å². The Bertz CT molecular complexity index is 374. The van der Waals surface area contributed by atoms with Gasteiger partial charge < -0.3 is 15.5 Å². The van der Waals surface area contributed by atoms with Crippen LogP contribution < -0.4 is 10.6 Å². The Hall–Kier alpha value is -1.10. The Kier molecular flexibility index (Phi) is 6.68. The van der Waals surface area contributed by atoms with Crippen molar-refractivity contribution in [3.05, 3.63) is 0 Å². The van der Waals surface area contributed by atoms with Gasteiger partial charge in [0.15, 0.2) is 0 Å². The summed E-state index contributed by atoms with van der Waals surface area (Å²) in [6.45, 7) is 3.73. The molecule has 1 saturated carbocycles. The van der Waals surface area contributed by atoms with E-state index in [-0.39, 0.29) is 11.8 Å². The second-order valence-corrected chi connectivity index (χ2v) is 6.93. The predicted octanol–water partition coefficient (Wildman–Crippen LogP) is 1.67. The number of piperidine rings is 1. The molecule has 0 spiro atoms. The molecule has 1 aliphatic heterocycles. The average Bonchev–Trinajstić information content (AvgIpc) is 2.55. The molecule has 5 nitrogen and oxygen atoms in total. The fourth-order valence-corrected chi connectivity index (χ4v) is 3.69. The van der Waals surface area contributed by atoms with Gasteiger partial charge in [-0.3, -0.25) is 9.59 Å². The number of nitrogens with zero attached hydrogens (tertiary/aromatic N) is 1. The van der Waals surface area contributed by atoms with Gasteiger partial charge in [0.25, 0.3) is 0 Å². The number of likely N-dealkylation sites (N-methyl/N-ethyl adjacent to an activating group) is 1. The maximum atomic E-state index is 12.5. The molecule has 2 amide bonds. The SMILES string of the molecule is CC(NC(=O)CC1CCCCC1)C(=O)N(C)C1CCNCC1. The number of carbonyl (C=O) groups excluding carboxylic acids is 2. The molecule has 2 N–H and O–H groups in total. The van der Waals surface area contributed by atoms with Crippen molar-refractivity contribution in [2.75, 3.05) is 20.1 Å². The second-order valence-electron chi connectivity index (χ2n) is 6.93. The van der Waals surface area contributed by atoms with E-state index >= 15 is 0 Å². The zero-order chi connectivity index (χ0) is 15.9. The first-order chi connectivity index (χ1) is 10.6. The van der Waals surface area contributed by atoms with Gasteiger partial charge in [-0.25, -0.2) is 0 Å². The van der Waals surface area contributed by atoms with Crippen molar-refractivity contribution in [3.63, 3.8) is 0 Å². The van der Waals surface area contributed by atoms with Crippen molar-refractivity contribution in [2.45, 2.75) is 70.4 Å². The topological polar surface area (TPSA) is 61.4 Å². The fraction of sp³-hybridized carbons (Fsp3) is 0.882. The van der Waals surface area contributed by atoms with Crippen molar-refractivity contribution in [3.8, 4) is 0 Å². The number of nitrogens with one attached hydrogen (secondary N) is 2. The molecule has 0 bridgehead atoms. The molecule has 1 saturated heterocycles. The normalized spacial score (nSPS) is 22.1. The third kappa shape index (κ3) is 4.97. The van der Waals surface area contributed by atoms with Crippen molar-refractivity contribution >= 4 is 11.8 Å². The van der Waals surface area contributed by atoms with E-state index in [1.807, 2.05) is 11.9 Å². The predicted molar refractivity (Wildman–Crippen MR) is 87.5 cm³/mol. The number of hydrogen-bond donors (Lipinski definition) is 2. The molecule has 2 aliphatic rings. The first-order valence-corrected chi connectivity index (χ1v) is 8.84. The van der Waals surface area contributed by atoms with Crippen LogP contribution in [-0.2, 0) is 9.59 Å². The molecule has 2 fully saturated rings. The van der Waals surface area contributed by atoms with Crippen LogP contribution in [-0.4, -0.2) is 48.9 Å². The molecular weight excluding hydrogens is 278 g/mol. The van der Waals surface area contributed by atoms with E-state index in [0.29, 0.717) is 18.4 Å². The van der Waals surface area contributed by atoms with E-state index in [9.17, 15) is 9.59 Å². The lowest BCUT2D eigenvalue weighted by molar-refractivity contribution is -0.137. The minimum absolute atomic E-state index is 0.0314. The van der Waals surface area contributed by atoms with Crippen LogP contribution in [0.2, 0.25) is 0 Å². The minimum atomic E-state index is -0.420. The van der Waals surface area contributed by atoms with Gasteiger partial charge in [-0.05, 0) is 51.6 Å². The highest BCUT2D eigenvalue weighted by Crippen LogP contribution is 2.26. The lowest BCUT2D eigenvalue weighted by Crippen LogP contribution is -2.51. The van der Waals surface area contributed by atoms with E-state index < -0.39 is 6.04 Å². The summed E-state index contributed by atoms with van der Waals surface area (Å²) in [6.07, 6.45) is 8.66. The van der Waals surface area contributed by atoms with Gasteiger partial charge in [0.1, 0.15) is 6.04 Å². The Morgan fingerprint density at radius 3 is 2.41 bits per heavy atom.